The van der Waals surface area contributed by atoms with Crippen molar-refractivity contribution in [3.05, 3.63) is 11.6 Å². The lowest BCUT2D eigenvalue weighted by Gasteiger charge is -2.40. The lowest BCUT2D eigenvalue weighted by molar-refractivity contribution is 0.0685. The van der Waals surface area contributed by atoms with Gasteiger partial charge in [-0.15, -0.1) is 0 Å². The largest absolute Gasteiger partial charge is 0.383 e. The molecule has 0 amide bonds. The number of hydrogen-bond acceptors (Lipinski definition) is 3. The summed E-state index contributed by atoms with van der Waals surface area (Å²) in [4.78, 5) is 5.26. The van der Waals surface area contributed by atoms with E-state index in [0.29, 0.717) is 5.41 Å². The van der Waals surface area contributed by atoms with Crippen LogP contribution in [-0.4, -0.2) is 62.8 Å². The Bertz CT molecular complexity index is 316. The molecular formula is C16H30N2O. The second-order valence-electron chi connectivity index (χ2n) is 6.47. The van der Waals surface area contributed by atoms with E-state index in [-0.39, 0.29) is 0 Å². The fourth-order valence-corrected chi connectivity index (χ4v) is 3.66. The summed E-state index contributed by atoms with van der Waals surface area (Å²) in [5, 5.41) is 0. The summed E-state index contributed by atoms with van der Waals surface area (Å²) in [6, 6.07) is 0. The van der Waals surface area contributed by atoms with Crippen LogP contribution in [0.5, 0.6) is 0 Å². The van der Waals surface area contributed by atoms with Crippen molar-refractivity contribution in [2.45, 2.75) is 33.1 Å². The molecule has 2 aliphatic rings. The molecule has 1 unspecified atom stereocenters. The van der Waals surface area contributed by atoms with E-state index in [1.807, 2.05) is 0 Å². The molecule has 0 aromatic rings. The van der Waals surface area contributed by atoms with E-state index in [9.17, 15) is 0 Å². The minimum atomic E-state index is 0.569. The minimum absolute atomic E-state index is 0.569. The van der Waals surface area contributed by atoms with Gasteiger partial charge in [0, 0.05) is 33.3 Å². The van der Waals surface area contributed by atoms with Crippen LogP contribution in [-0.2, 0) is 4.74 Å². The Kier molecular flexibility index (Phi) is 5.43. The maximum atomic E-state index is 5.22. The topological polar surface area (TPSA) is 15.7 Å². The van der Waals surface area contributed by atoms with Gasteiger partial charge in [0.25, 0.3) is 0 Å². The summed E-state index contributed by atoms with van der Waals surface area (Å²) in [6.45, 7) is 12.6. The van der Waals surface area contributed by atoms with Crippen molar-refractivity contribution in [1.82, 2.24) is 9.80 Å². The second kappa shape index (κ2) is 6.87. The normalized spacial score (nSPS) is 30.4. The highest BCUT2D eigenvalue weighted by Gasteiger charge is 2.40. The van der Waals surface area contributed by atoms with E-state index in [1.54, 1.807) is 7.11 Å². The Morgan fingerprint density at radius 1 is 1.21 bits per heavy atom. The van der Waals surface area contributed by atoms with Crippen LogP contribution in [0.2, 0.25) is 0 Å². The van der Waals surface area contributed by atoms with Gasteiger partial charge in [-0.05, 0) is 51.6 Å². The molecule has 3 nitrogen and oxygen atoms in total. The number of hydrogen-bond donors (Lipinski definition) is 0. The highest BCUT2D eigenvalue weighted by molar-refractivity contribution is 5.02. The van der Waals surface area contributed by atoms with Crippen molar-refractivity contribution in [2.24, 2.45) is 5.41 Å². The maximum Gasteiger partial charge on any atom is 0.0589 e. The Labute approximate surface area is 118 Å². The molecule has 2 aliphatic heterocycles. The number of nitrogens with zero attached hydrogens (tertiary/aromatic N) is 2. The number of methoxy groups -OCH3 is 1. The zero-order valence-corrected chi connectivity index (χ0v) is 13.0. The van der Waals surface area contributed by atoms with Gasteiger partial charge in [-0.25, -0.2) is 0 Å². The van der Waals surface area contributed by atoms with Crippen molar-refractivity contribution >= 4 is 0 Å². The monoisotopic (exact) mass is 266 g/mol. The van der Waals surface area contributed by atoms with E-state index in [0.717, 1.165) is 19.7 Å². The average molecular weight is 266 g/mol. The summed E-state index contributed by atoms with van der Waals surface area (Å²) in [5.41, 5.74) is 2.07. The molecule has 19 heavy (non-hydrogen) atoms. The summed E-state index contributed by atoms with van der Waals surface area (Å²) in [7, 11) is 1.80. The molecule has 0 aromatic heterocycles. The fraction of sp³-hybridized carbons (Fsp3) is 0.875. The van der Waals surface area contributed by atoms with Gasteiger partial charge in [-0.3, -0.25) is 4.90 Å². The van der Waals surface area contributed by atoms with E-state index < -0.39 is 0 Å². The molecule has 110 valence electrons. The lowest BCUT2D eigenvalue weighted by atomic mass is 9.79. The molecule has 2 rings (SSSR count). The van der Waals surface area contributed by atoms with Crippen LogP contribution in [0.25, 0.3) is 0 Å². The van der Waals surface area contributed by atoms with Gasteiger partial charge in [0.1, 0.15) is 0 Å². The zero-order valence-electron chi connectivity index (χ0n) is 13.0. The highest BCUT2D eigenvalue weighted by Crippen LogP contribution is 2.38. The predicted octanol–water partition coefficient (Wildman–Crippen LogP) is 2.39. The smallest absolute Gasteiger partial charge is 0.0589 e. The molecule has 0 saturated carbocycles. The second-order valence-corrected chi connectivity index (χ2v) is 6.47. The molecule has 0 N–H and O–H groups in total. The van der Waals surface area contributed by atoms with Crippen LogP contribution in [0, 0.1) is 5.41 Å². The molecule has 2 saturated heterocycles. The summed E-state index contributed by atoms with van der Waals surface area (Å²) in [5.74, 6) is 0. The van der Waals surface area contributed by atoms with Crippen molar-refractivity contribution in [2.75, 3.05) is 53.0 Å². The number of ether oxygens (including phenoxy) is 1. The number of piperidine rings is 1. The molecule has 2 heterocycles. The molecule has 2 fully saturated rings. The molecule has 1 atom stereocenters. The summed E-state index contributed by atoms with van der Waals surface area (Å²) in [6.07, 6.45) is 6.41. The first-order valence-electron chi connectivity index (χ1n) is 7.73. The Hall–Kier alpha value is -0.380. The summed E-state index contributed by atoms with van der Waals surface area (Å²) >= 11 is 0. The first-order chi connectivity index (χ1) is 9.17. The van der Waals surface area contributed by atoms with Gasteiger partial charge >= 0.3 is 0 Å². The van der Waals surface area contributed by atoms with Gasteiger partial charge in [0.15, 0.2) is 0 Å². The molecule has 0 radical (unpaired) electrons. The number of allylic oxidation sites excluding steroid dienone is 1. The third-order valence-corrected chi connectivity index (χ3v) is 4.84. The fourth-order valence-electron chi connectivity index (χ4n) is 3.66. The van der Waals surface area contributed by atoms with Crippen molar-refractivity contribution < 1.29 is 4.74 Å². The predicted molar refractivity (Wildman–Crippen MR) is 80.5 cm³/mol. The third kappa shape index (κ3) is 4.04. The van der Waals surface area contributed by atoms with Gasteiger partial charge in [-0.1, -0.05) is 11.6 Å². The first-order valence-corrected chi connectivity index (χ1v) is 7.73. The Morgan fingerprint density at radius 3 is 2.74 bits per heavy atom. The van der Waals surface area contributed by atoms with E-state index in [1.165, 1.54) is 51.0 Å². The zero-order chi connectivity index (χ0) is 13.7. The van der Waals surface area contributed by atoms with Crippen LogP contribution in [0.1, 0.15) is 33.1 Å². The maximum absolute atomic E-state index is 5.22. The van der Waals surface area contributed by atoms with Crippen molar-refractivity contribution in [3.63, 3.8) is 0 Å². The highest BCUT2D eigenvalue weighted by atomic mass is 16.5. The van der Waals surface area contributed by atoms with Crippen molar-refractivity contribution in [3.8, 4) is 0 Å². The SMILES string of the molecule is C/C=C(\C)CN1CCC2(CCCN(CCOC)C2)C1. The number of rotatable bonds is 5. The van der Waals surface area contributed by atoms with Gasteiger partial charge in [0.2, 0.25) is 0 Å². The van der Waals surface area contributed by atoms with Gasteiger partial charge in [0.05, 0.1) is 6.61 Å². The third-order valence-electron chi connectivity index (χ3n) is 4.84. The Balaban J connectivity index is 1.86. The van der Waals surface area contributed by atoms with Crippen molar-refractivity contribution in [1.29, 1.82) is 0 Å². The van der Waals surface area contributed by atoms with Crippen LogP contribution in [0.4, 0.5) is 0 Å². The lowest BCUT2D eigenvalue weighted by Crippen LogP contribution is -2.45. The van der Waals surface area contributed by atoms with E-state index >= 15 is 0 Å². The van der Waals surface area contributed by atoms with Crippen LogP contribution in [0.15, 0.2) is 11.6 Å². The molecular weight excluding hydrogens is 236 g/mol. The van der Waals surface area contributed by atoms with Gasteiger partial charge < -0.3 is 9.64 Å². The van der Waals surface area contributed by atoms with Crippen LogP contribution < -0.4 is 0 Å². The summed E-state index contributed by atoms with van der Waals surface area (Å²) < 4.78 is 5.22. The average Bonchev–Trinajstić information content (AvgIpc) is 2.78. The molecule has 0 aromatic carbocycles. The van der Waals surface area contributed by atoms with Gasteiger partial charge in [-0.2, -0.15) is 0 Å². The number of likely N-dealkylation sites (tertiary alicyclic amines) is 2. The van der Waals surface area contributed by atoms with E-state index in [2.05, 4.69) is 29.7 Å². The molecule has 3 heteroatoms. The van der Waals surface area contributed by atoms with Crippen LogP contribution in [0.3, 0.4) is 0 Å². The molecule has 0 bridgehead atoms. The Morgan fingerprint density at radius 2 is 2.00 bits per heavy atom. The quantitative estimate of drug-likeness (QED) is 0.711. The van der Waals surface area contributed by atoms with E-state index in [4.69, 9.17) is 4.74 Å². The standard InChI is InChI=1S/C16H30N2O/c1-4-15(2)12-18-9-7-16(14-18)6-5-8-17(13-16)10-11-19-3/h4H,5-14H2,1-3H3/b15-4+. The first kappa shape index (κ1) is 15.0. The minimum Gasteiger partial charge on any atom is -0.383 e. The molecule has 1 spiro atoms. The molecule has 0 aliphatic carbocycles. The van der Waals surface area contributed by atoms with Crippen LogP contribution >= 0.6 is 0 Å².